The van der Waals surface area contributed by atoms with E-state index in [0.29, 0.717) is 15.5 Å². The molecule has 15 heavy (non-hydrogen) atoms. The maximum absolute atomic E-state index is 11.4. The summed E-state index contributed by atoms with van der Waals surface area (Å²) in [6, 6.07) is 1.58. The number of hydrogen-bond donors (Lipinski definition) is 3. The summed E-state index contributed by atoms with van der Waals surface area (Å²) in [4.78, 5) is 25.2. The Labute approximate surface area is 92.2 Å². The molecule has 7 heteroatoms. The molecule has 0 bridgehead atoms. The van der Waals surface area contributed by atoms with Gasteiger partial charge in [0.2, 0.25) is 0 Å². The lowest BCUT2D eigenvalue weighted by molar-refractivity contribution is 0.0959. The highest BCUT2D eigenvalue weighted by Crippen LogP contribution is 2.14. The minimum Gasteiger partial charge on any atom is -0.354 e. The number of H-pyrrole nitrogens is 2. The first kappa shape index (κ1) is 9.91. The molecule has 0 radical (unpaired) electrons. The Hall–Kier alpha value is -1.63. The van der Waals surface area contributed by atoms with Crippen LogP contribution in [0.3, 0.4) is 0 Å². The van der Waals surface area contributed by atoms with Crippen molar-refractivity contribution in [3.8, 4) is 0 Å². The van der Waals surface area contributed by atoms with Gasteiger partial charge in [-0.2, -0.15) is 5.10 Å². The molecule has 0 aliphatic rings. The molecule has 0 unspecified atom stereocenters. The highest BCUT2D eigenvalue weighted by Gasteiger charge is 2.14. The molecule has 0 fully saturated rings. The van der Waals surface area contributed by atoms with Gasteiger partial charge in [0.25, 0.3) is 11.5 Å². The third kappa shape index (κ3) is 1.54. The van der Waals surface area contributed by atoms with E-state index in [-0.39, 0.29) is 17.2 Å². The van der Waals surface area contributed by atoms with E-state index in [1.165, 1.54) is 7.05 Å². The molecular formula is C8H7BrN4O2. The Morgan fingerprint density at radius 1 is 1.60 bits per heavy atom. The Morgan fingerprint density at radius 2 is 2.33 bits per heavy atom. The van der Waals surface area contributed by atoms with Gasteiger partial charge >= 0.3 is 0 Å². The van der Waals surface area contributed by atoms with Gasteiger partial charge in [0, 0.05) is 7.05 Å². The fourth-order valence-corrected chi connectivity index (χ4v) is 1.56. The van der Waals surface area contributed by atoms with Crippen molar-refractivity contribution in [1.82, 2.24) is 20.5 Å². The first-order chi connectivity index (χ1) is 7.13. The number of nitrogens with one attached hydrogen (secondary N) is 3. The van der Waals surface area contributed by atoms with Gasteiger partial charge in [-0.3, -0.25) is 14.7 Å². The van der Waals surface area contributed by atoms with Crippen molar-refractivity contribution in [3.63, 3.8) is 0 Å². The second-order valence-corrected chi connectivity index (χ2v) is 3.74. The SMILES string of the molecule is CNC(=O)c1n[nH]c2cc(Br)c(=O)[nH]c12. The van der Waals surface area contributed by atoms with Crippen molar-refractivity contribution in [1.29, 1.82) is 0 Å². The second kappa shape index (κ2) is 3.50. The molecule has 6 nitrogen and oxygen atoms in total. The Balaban J connectivity index is 2.75. The summed E-state index contributed by atoms with van der Waals surface area (Å²) in [5, 5.41) is 8.92. The lowest BCUT2D eigenvalue weighted by atomic mass is 10.3. The highest BCUT2D eigenvalue weighted by molar-refractivity contribution is 9.10. The van der Waals surface area contributed by atoms with Crippen molar-refractivity contribution in [2.45, 2.75) is 0 Å². The van der Waals surface area contributed by atoms with Crippen LogP contribution in [0.15, 0.2) is 15.3 Å². The van der Waals surface area contributed by atoms with E-state index in [0.717, 1.165) is 0 Å². The van der Waals surface area contributed by atoms with E-state index in [1.54, 1.807) is 6.07 Å². The fraction of sp³-hybridized carbons (Fsp3) is 0.125. The minimum absolute atomic E-state index is 0.178. The third-order valence-electron chi connectivity index (χ3n) is 1.96. The topological polar surface area (TPSA) is 90.6 Å². The van der Waals surface area contributed by atoms with Crippen molar-refractivity contribution in [3.05, 3.63) is 26.6 Å². The van der Waals surface area contributed by atoms with E-state index < -0.39 is 0 Å². The maximum atomic E-state index is 11.4. The van der Waals surface area contributed by atoms with Crippen LogP contribution in [-0.4, -0.2) is 28.1 Å². The Kier molecular flexibility index (Phi) is 2.31. The number of carbonyl (C=O) groups is 1. The normalized spacial score (nSPS) is 10.5. The predicted molar refractivity (Wildman–Crippen MR) is 57.8 cm³/mol. The van der Waals surface area contributed by atoms with E-state index in [1.807, 2.05) is 0 Å². The van der Waals surface area contributed by atoms with Gasteiger partial charge < -0.3 is 10.3 Å². The van der Waals surface area contributed by atoms with Crippen LogP contribution in [0, 0.1) is 0 Å². The van der Waals surface area contributed by atoms with Crippen LogP contribution in [0.4, 0.5) is 0 Å². The van der Waals surface area contributed by atoms with Gasteiger partial charge in [-0.25, -0.2) is 0 Å². The minimum atomic E-state index is -0.348. The van der Waals surface area contributed by atoms with Gasteiger partial charge in [0.1, 0.15) is 5.52 Å². The van der Waals surface area contributed by atoms with E-state index in [9.17, 15) is 9.59 Å². The summed E-state index contributed by atoms with van der Waals surface area (Å²) < 4.78 is 0.391. The predicted octanol–water partition coefficient (Wildman–Crippen LogP) is 0.373. The van der Waals surface area contributed by atoms with E-state index in [4.69, 9.17) is 0 Å². The fourth-order valence-electron chi connectivity index (χ4n) is 1.23. The zero-order valence-corrected chi connectivity index (χ0v) is 9.31. The van der Waals surface area contributed by atoms with Crippen LogP contribution in [0.2, 0.25) is 0 Å². The molecule has 0 aromatic carbocycles. The molecule has 0 aliphatic heterocycles. The molecule has 2 rings (SSSR count). The van der Waals surface area contributed by atoms with Crippen LogP contribution in [0.5, 0.6) is 0 Å². The van der Waals surface area contributed by atoms with Crippen LogP contribution in [0.1, 0.15) is 10.5 Å². The highest BCUT2D eigenvalue weighted by atomic mass is 79.9. The molecule has 0 saturated heterocycles. The lowest BCUT2D eigenvalue weighted by Gasteiger charge is -1.95. The smallest absolute Gasteiger partial charge is 0.273 e. The second-order valence-electron chi connectivity index (χ2n) is 2.89. The van der Waals surface area contributed by atoms with Crippen molar-refractivity contribution in [2.24, 2.45) is 0 Å². The number of aromatic amines is 2. The summed E-state index contributed by atoms with van der Waals surface area (Å²) in [5.74, 6) is -0.348. The maximum Gasteiger partial charge on any atom is 0.273 e. The molecule has 2 aromatic rings. The van der Waals surface area contributed by atoms with Crippen molar-refractivity contribution < 1.29 is 4.79 Å². The molecule has 2 aromatic heterocycles. The molecule has 0 atom stereocenters. The summed E-state index contributed by atoms with van der Waals surface area (Å²) in [5.41, 5.74) is 0.883. The average molecular weight is 271 g/mol. The summed E-state index contributed by atoms with van der Waals surface area (Å²) in [7, 11) is 1.50. The first-order valence-corrected chi connectivity index (χ1v) is 4.91. The molecule has 78 valence electrons. The number of amides is 1. The van der Waals surface area contributed by atoms with Crippen LogP contribution < -0.4 is 10.9 Å². The van der Waals surface area contributed by atoms with Crippen molar-refractivity contribution in [2.75, 3.05) is 7.05 Å². The van der Waals surface area contributed by atoms with Gasteiger partial charge in [-0.1, -0.05) is 0 Å². The number of aromatic nitrogens is 3. The number of halogens is 1. The molecular weight excluding hydrogens is 264 g/mol. The number of carbonyl (C=O) groups excluding carboxylic acids is 1. The van der Waals surface area contributed by atoms with Gasteiger partial charge in [0.05, 0.1) is 9.99 Å². The molecule has 0 spiro atoms. The number of fused-ring (bicyclic) bond motifs is 1. The van der Waals surface area contributed by atoms with Crippen molar-refractivity contribution >= 4 is 32.9 Å². The average Bonchev–Trinajstić information content (AvgIpc) is 2.61. The molecule has 1 amide bonds. The standard InChI is InChI=1S/C8H7BrN4O2/c1-10-8(15)6-5-4(12-13-6)2-3(9)7(14)11-5/h2H,1H3,(H,10,15)(H,11,14)(H,12,13). The molecule has 0 aliphatic carbocycles. The van der Waals surface area contributed by atoms with Crippen LogP contribution in [-0.2, 0) is 0 Å². The quantitative estimate of drug-likeness (QED) is 0.700. The number of rotatable bonds is 1. The van der Waals surface area contributed by atoms with Crippen LogP contribution in [0.25, 0.3) is 11.0 Å². The molecule has 3 N–H and O–H groups in total. The third-order valence-corrected chi connectivity index (χ3v) is 2.55. The van der Waals surface area contributed by atoms with E-state index in [2.05, 4.69) is 36.4 Å². The number of pyridine rings is 1. The Bertz CT molecular complexity index is 586. The zero-order valence-electron chi connectivity index (χ0n) is 7.72. The van der Waals surface area contributed by atoms with Crippen LogP contribution >= 0.6 is 15.9 Å². The molecule has 0 saturated carbocycles. The Morgan fingerprint density at radius 3 is 3.00 bits per heavy atom. The largest absolute Gasteiger partial charge is 0.354 e. The van der Waals surface area contributed by atoms with Gasteiger partial charge in [-0.05, 0) is 22.0 Å². The summed E-state index contributed by atoms with van der Waals surface area (Å²) in [6.45, 7) is 0. The number of nitrogens with zero attached hydrogens (tertiary/aromatic N) is 1. The van der Waals surface area contributed by atoms with Gasteiger partial charge in [-0.15, -0.1) is 0 Å². The molecule has 2 heterocycles. The summed E-state index contributed by atoms with van der Waals surface area (Å²) >= 11 is 3.09. The monoisotopic (exact) mass is 270 g/mol. The zero-order chi connectivity index (χ0) is 11.0. The van der Waals surface area contributed by atoms with E-state index >= 15 is 0 Å². The lowest BCUT2D eigenvalue weighted by Crippen LogP contribution is -2.19. The first-order valence-electron chi connectivity index (χ1n) is 4.12. The summed E-state index contributed by atoms with van der Waals surface area (Å²) in [6.07, 6.45) is 0. The van der Waals surface area contributed by atoms with Gasteiger partial charge in [0.15, 0.2) is 5.69 Å². The number of hydrogen-bond acceptors (Lipinski definition) is 3.